The zero-order chi connectivity index (χ0) is 41.1. The molecule has 0 bridgehead atoms. The van der Waals surface area contributed by atoms with Crippen molar-refractivity contribution in [2.45, 2.75) is 66.5 Å². The van der Waals surface area contributed by atoms with E-state index in [0.717, 1.165) is 16.7 Å². The summed E-state index contributed by atoms with van der Waals surface area (Å²) in [6.07, 6.45) is 10.6. The maximum Gasteiger partial charge on any atom is 0.414 e. The second-order valence-corrected chi connectivity index (χ2v) is 14.0. The summed E-state index contributed by atoms with van der Waals surface area (Å²) in [5.41, 5.74) is 4.49. The smallest absolute Gasteiger partial charge is 0.414 e. The van der Waals surface area contributed by atoms with Crippen LogP contribution in [0.1, 0.15) is 75.0 Å². The third kappa shape index (κ3) is 14.9. The van der Waals surface area contributed by atoms with Crippen molar-refractivity contribution < 1.29 is 19.1 Å². The van der Waals surface area contributed by atoms with Gasteiger partial charge in [0.05, 0.1) is 22.3 Å². The van der Waals surface area contributed by atoms with Gasteiger partial charge in [0, 0.05) is 30.5 Å². The number of carbonyl (C=O) groups excluding carboxylic acids is 3. The number of aryl methyl sites for hydroxylation is 1. The topological polar surface area (TPSA) is 124 Å². The quantitative estimate of drug-likeness (QED) is 0.0492. The number of hydrogen-bond donors (Lipinski definition) is 3. The van der Waals surface area contributed by atoms with Gasteiger partial charge in [-0.1, -0.05) is 78.3 Å². The number of anilines is 1. The molecule has 0 heterocycles. The van der Waals surface area contributed by atoms with Crippen molar-refractivity contribution in [1.82, 2.24) is 15.5 Å². The second-order valence-electron chi connectivity index (χ2n) is 13.2. The summed E-state index contributed by atoms with van der Waals surface area (Å²) >= 11 is 12.0. The molecule has 0 atom stereocenters. The van der Waals surface area contributed by atoms with Gasteiger partial charge in [-0.2, -0.15) is 5.26 Å². The lowest BCUT2D eigenvalue weighted by molar-refractivity contribution is -0.117. The number of nitrogens with one attached hydrogen (secondary N) is 3. The van der Waals surface area contributed by atoms with E-state index in [4.69, 9.17) is 27.9 Å². The molecule has 3 rings (SSSR count). The van der Waals surface area contributed by atoms with Crippen LogP contribution in [0.25, 0.3) is 5.70 Å². The van der Waals surface area contributed by atoms with Crippen molar-refractivity contribution in [3.8, 4) is 18.4 Å². The van der Waals surface area contributed by atoms with E-state index in [1.165, 1.54) is 6.07 Å². The van der Waals surface area contributed by atoms with Crippen LogP contribution in [-0.2, 0) is 22.5 Å². The van der Waals surface area contributed by atoms with E-state index in [-0.39, 0.29) is 18.0 Å². The SMILES string of the molecule is C#CC.C=C/C=C\C(C)=C(/C)N(Cc1cccc(/C(NC)=C(\C#N)C(=O)NCCCc2cccc(NC(=O)c3ccc(Cl)c(Cl)c3)c2)c1)C(=O)OC(C)(C)C. The number of benzene rings is 3. The summed E-state index contributed by atoms with van der Waals surface area (Å²) in [4.78, 5) is 40.9. The van der Waals surface area contributed by atoms with Gasteiger partial charge >= 0.3 is 6.09 Å². The Bertz CT molecular complexity index is 2030. The van der Waals surface area contributed by atoms with Crippen molar-refractivity contribution in [2.75, 3.05) is 18.9 Å². The molecule has 0 saturated carbocycles. The fraction of sp³-hybridized carbons (Fsp3) is 0.273. The summed E-state index contributed by atoms with van der Waals surface area (Å²) in [6.45, 7) is 15.1. The first kappa shape index (κ1) is 45.4. The molecule has 3 aromatic rings. The zero-order valence-corrected chi connectivity index (χ0v) is 34.0. The molecular formula is C44H49Cl2N5O4. The first-order chi connectivity index (χ1) is 26.1. The normalized spacial score (nSPS) is 11.7. The predicted molar refractivity (Wildman–Crippen MR) is 224 cm³/mol. The van der Waals surface area contributed by atoms with Crippen LogP contribution in [0.5, 0.6) is 0 Å². The number of allylic oxidation sites excluding steroid dienone is 5. The Morgan fingerprint density at radius 1 is 0.982 bits per heavy atom. The largest absolute Gasteiger partial charge is 0.443 e. The van der Waals surface area contributed by atoms with Crippen LogP contribution in [0.4, 0.5) is 10.5 Å². The third-order valence-electron chi connectivity index (χ3n) is 7.76. The molecule has 0 aliphatic carbocycles. The molecule has 0 unspecified atom stereocenters. The molecule has 0 saturated heterocycles. The second kappa shape index (κ2) is 22.5. The standard InChI is InChI=1S/C41H45Cl2N5O4.C3H4/c1-8-9-13-27(2)28(3)48(40(51)52-41(4,5)6)26-30-15-10-17-31(22-30)37(45-7)34(25-44)39(50)46-21-12-16-29-14-11-18-33(23-29)47-38(49)32-19-20-35(42)36(43)24-32;1-3-2/h8-11,13-15,17-20,22-24,45H,1,12,16,21,26H2,2-7H3,(H,46,50)(H,47,49);1H,2H3/b13-9-,28-27+,37-34-;. The van der Waals surface area contributed by atoms with Gasteiger partial charge in [0.1, 0.15) is 17.2 Å². The lowest BCUT2D eigenvalue weighted by atomic mass is 10.0. The van der Waals surface area contributed by atoms with Crippen molar-refractivity contribution in [2.24, 2.45) is 0 Å². The summed E-state index contributed by atoms with van der Waals surface area (Å²) in [5.74, 6) is 1.42. The van der Waals surface area contributed by atoms with E-state index in [1.807, 2.05) is 77.1 Å². The molecule has 3 aromatic carbocycles. The van der Waals surface area contributed by atoms with E-state index in [9.17, 15) is 19.6 Å². The first-order valence-electron chi connectivity index (χ1n) is 17.5. The number of rotatable bonds is 14. The Morgan fingerprint density at radius 2 is 1.65 bits per heavy atom. The molecule has 3 amide bonds. The number of carbonyl (C=O) groups is 3. The van der Waals surface area contributed by atoms with Gasteiger partial charge in [0.2, 0.25) is 0 Å². The fourth-order valence-corrected chi connectivity index (χ4v) is 5.35. The van der Waals surface area contributed by atoms with Gasteiger partial charge < -0.3 is 20.7 Å². The fourth-order valence-electron chi connectivity index (χ4n) is 5.05. The Kier molecular flexibility index (Phi) is 18.6. The molecular weight excluding hydrogens is 733 g/mol. The Balaban J connectivity index is 0.00000337. The maximum absolute atomic E-state index is 13.3. The average molecular weight is 783 g/mol. The highest BCUT2D eigenvalue weighted by atomic mass is 35.5. The number of nitriles is 1. The molecule has 3 N–H and O–H groups in total. The zero-order valence-electron chi connectivity index (χ0n) is 32.5. The van der Waals surface area contributed by atoms with E-state index >= 15 is 0 Å². The van der Waals surface area contributed by atoms with Gasteiger partial charge in [-0.25, -0.2) is 4.79 Å². The van der Waals surface area contributed by atoms with Crippen LogP contribution in [0, 0.1) is 23.7 Å². The van der Waals surface area contributed by atoms with Crippen LogP contribution in [-0.4, -0.2) is 42.0 Å². The summed E-state index contributed by atoms with van der Waals surface area (Å²) in [6, 6.07) is 21.5. The molecule has 288 valence electrons. The highest BCUT2D eigenvalue weighted by molar-refractivity contribution is 6.42. The third-order valence-corrected chi connectivity index (χ3v) is 8.50. The van der Waals surface area contributed by atoms with E-state index in [2.05, 4.69) is 40.9 Å². The molecule has 0 fully saturated rings. The minimum atomic E-state index is -0.699. The summed E-state index contributed by atoms with van der Waals surface area (Å²) in [7, 11) is 1.65. The minimum Gasteiger partial charge on any atom is -0.443 e. The van der Waals surface area contributed by atoms with E-state index in [0.29, 0.717) is 57.6 Å². The van der Waals surface area contributed by atoms with Crippen molar-refractivity contribution >= 4 is 52.5 Å². The van der Waals surface area contributed by atoms with Gasteiger partial charge in [0.15, 0.2) is 0 Å². The number of ether oxygens (including phenoxy) is 1. The Labute approximate surface area is 335 Å². The predicted octanol–water partition coefficient (Wildman–Crippen LogP) is 9.86. The number of halogens is 2. The molecule has 55 heavy (non-hydrogen) atoms. The van der Waals surface area contributed by atoms with Crippen LogP contribution >= 0.6 is 23.2 Å². The van der Waals surface area contributed by atoms with Crippen LogP contribution < -0.4 is 16.0 Å². The molecule has 0 aliphatic heterocycles. The molecule has 9 nitrogen and oxygen atoms in total. The van der Waals surface area contributed by atoms with Crippen LogP contribution in [0.3, 0.4) is 0 Å². The van der Waals surface area contributed by atoms with Gasteiger partial charge in [-0.05, 0) is 113 Å². The molecule has 0 spiro atoms. The highest BCUT2D eigenvalue weighted by Crippen LogP contribution is 2.25. The monoisotopic (exact) mass is 781 g/mol. The van der Waals surface area contributed by atoms with E-state index < -0.39 is 17.6 Å². The van der Waals surface area contributed by atoms with Crippen LogP contribution in [0.15, 0.2) is 108 Å². The number of amides is 3. The molecule has 0 aliphatic rings. The lowest BCUT2D eigenvalue weighted by Crippen LogP contribution is -2.35. The first-order valence-corrected chi connectivity index (χ1v) is 18.2. The average Bonchev–Trinajstić information content (AvgIpc) is 3.14. The maximum atomic E-state index is 13.3. The minimum absolute atomic E-state index is 0.0721. The number of hydrogen-bond acceptors (Lipinski definition) is 6. The molecule has 11 heteroatoms. The van der Waals surface area contributed by atoms with Crippen LogP contribution in [0.2, 0.25) is 10.0 Å². The summed E-state index contributed by atoms with van der Waals surface area (Å²) in [5, 5.41) is 19.5. The summed E-state index contributed by atoms with van der Waals surface area (Å²) < 4.78 is 5.72. The lowest BCUT2D eigenvalue weighted by Gasteiger charge is -2.29. The van der Waals surface area contributed by atoms with Gasteiger partial charge in [0.25, 0.3) is 11.8 Å². The van der Waals surface area contributed by atoms with E-state index in [1.54, 1.807) is 55.3 Å². The Morgan fingerprint density at radius 3 is 2.27 bits per heavy atom. The van der Waals surface area contributed by atoms with Gasteiger partial charge in [-0.3, -0.25) is 14.5 Å². The van der Waals surface area contributed by atoms with Crippen molar-refractivity contribution in [3.63, 3.8) is 0 Å². The molecule has 0 aromatic heterocycles. The number of terminal acetylenes is 1. The van der Waals surface area contributed by atoms with Gasteiger partial charge in [-0.15, -0.1) is 12.3 Å². The number of nitrogens with zero attached hydrogens (tertiary/aromatic N) is 2. The Hall–Kier alpha value is -5.74. The van der Waals surface area contributed by atoms with Crippen molar-refractivity contribution in [1.29, 1.82) is 5.26 Å². The molecule has 0 radical (unpaired) electrons. The van der Waals surface area contributed by atoms with Crippen molar-refractivity contribution in [3.05, 3.63) is 141 Å². The highest BCUT2D eigenvalue weighted by Gasteiger charge is 2.25.